The lowest BCUT2D eigenvalue weighted by atomic mass is 10.00. The minimum Gasteiger partial charge on any atom is -0.494 e. The molecule has 1 aliphatic rings. The highest BCUT2D eigenvalue weighted by molar-refractivity contribution is 6.03. The number of nitrogens with one attached hydrogen (secondary N) is 1. The first-order chi connectivity index (χ1) is 16.6. The van der Waals surface area contributed by atoms with Crippen LogP contribution in [-0.4, -0.2) is 22.2 Å². The SMILES string of the molecule is CCOc1ccc(CC(=O)c2cnn3c2NC(c2ccccc2)=C[C@H]3c2ccc(F)cc2)cc1. The Bertz CT molecular complexity index is 1330. The van der Waals surface area contributed by atoms with E-state index in [0.717, 1.165) is 28.1 Å². The standard InChI is InChI=1S/C28H24FN3O2/c1-2-34-23-14-8-19(9-15-23)16-27(33)24-18-30-32-26(21-10-12-22(29)13-11-21)17-25(31-28(24)32)20-6-4-3-5-7-20/h3-15,17-18,26,31H,2,16H2,1H3/t26-/m0/s1. The van der Waals surface area contributed by atoms with Crippen LogP contribution in [-0.2, 0) is 6.42 Å². The van der Waals surface area contributed by atoms with Crippen molar-refractivity contribution in [1.29, 1.82) is 0 Å². The van der Waals surface area contributed by atoms with Crippen LogP contribution in [0.1, 0.15) is 40.0 Å². The largest absolute Gasteiger partial charge is 0.494 e. The zero-order chi connectivity index (χ0) is 23.5. The van der Waals surface area contributed by atoms with Crippen LogP contribution in [0.25, 0.3) is 5.70 Å². The fourth-order valence-electron chi connectivity index (χ4n) is 4.13. The monoisotopic (exact) mass is 453 g/mol. The van der Waals surface area contributed by atoms with E-state index in [2.05, 4.69) is 10.4 Å². The molecule has 0 unspecified atom stereocenters. The topological polar surface area (TPSA) is 56.1 Å². The molecule has 4 aromatic rings. The summed E-state index contributed by atoms with van der Waals surface area (Å²) in [5.74, 6) is 1.08. The predicted molar refractivity (Wildman–Crippen MR) is 130 cm³/mol. The molecule has 3 aromatic carbocycles. The van der Waals surface area contributed by atoms with Gasteiger partial charge in [0.15, 0.2) is 5.78 Å². The highest BCUT2D eigenvalue weighted by Gasteiger charge is 2.27. The second-order valence-electron chi connectivity index (χ2n) is 8.10. The molecule has 1 aromatic heterocycles. The molecule has 1 atom stereocenters. The van der Waals surface area contributed by atoms with E-state index in [0.29, 0.717) is 18.0 Å². The van der Waals surface area contributed by atoms with Crippen LogP contribution in [0.3, 0.4) is 0 Å². The molecule has 6 heteroatoms. The number of aromatic nitrogens is 2. The summed E-state index contributed by atoms with van der Waals surface area (Å²) in [4.78, 5) is 13.3. The number of Topliss-reactive ketones (excluding diaryl/α,β-unsaturated/α-hetero) is 1. The van der Waals surface area contributed by atoms with Gasteiger partial charge in [-0.3, -0.25) is 4.79 Å². The maximum Gasteiger partial charge on any atom is 0.172 e. The van der Waals surface area contributed by atoms with E-state index < -0.39 is 0 Å². The second-order valence-corrected chi connectivity index (χ2v) is 8.10. The van der Waals surface area contributed by atoms with Crippen molar-refractivity contribution < 1.29 is 13.9 Å². The smallest absolute Gasteiger partial charge is 0.172 e. The Balaban J connectivity index is 1.49. The molecule has 0 aliphatic carbocycles. The number of hydrogen-bond acceptors (Lipinski definition) is 4. The molecular formula is C28H24FN3O2. The number of allylic oxidation sites excluding steroid dienone is 1. The van der Waals surface area contributed by atoms with Crippen LogP contribution in [0.2, 0.25) is 0 Å². The van der Waals surface area contributed by atoms with E-state index >= 15 is 0 Å². The van der Waals surface area contributed by atoms with E-state index in [4.69, 9.17) is 4.74 Å². The van der Waals surface area contributed by atoms with Gasteiger partial charge < -0.3 is 10.1 Å². The van der Waals surface area contributed by atoms with Crippen LogP contribution >= 0.6 is 0 Å². The first kappa shape index (κ1) is 21.6. The van der Waals surface area contributed by atoms with Crippen molar-refractivity contribution in [2.45, 2.75) is 19.4 Å². The van der Waals surface area contributed by atoms with Gasteiger partial charge in [0.2, 0.25) is 0 Å². The normalized spacial score (nSPS) is 14.6. The number of carbonyl (C=O) groups is 1. The maximum absolute atomic E-state index is 13.6. The van der Waals surface area contributed by atoms with Gasteiger partial charge >= 0.3 is 0 Å². The van der Waals surface area contributed by atoms with Crippen molar-refractivity contribution in [2.24, 2.45) is 0 Å². The zero-order valence-corrected chi connectivity index (χ0v) is 18.7. The molecule has 0 bridgehead atoms. The van der Waals surface area contributed by atoms with Crippen molar-refractivity contribution >= 4 is 17.3 Å². The van der Waals surface area contributed by atoms with Crippen molar-refractivity contribution in [2.75, 3.05) is 11.9 Å². The average Bonchev–Trinajstić information content (AvgIpc) is 3.30. The summed E-state index contributed by atoms with van der Waals surface area (Å²) >= 11 is 0. The molecule has 34 heavy (non-hydrogen) atoms. The van der Waals surface area contributed by atoms with Gasteiger partial charge in [-0.25, -0.2) is 9.07 Å². The number of benzene rings is 3. The number of nitrogens with zero attached hydrogens (tertiary/aromatic N) is 2. The molecular weight excluding hydrogens is 429 g/mol. The molecule has 1 N–H and O–H groups in total. The lowest BCUT2D eigenvalue weighted by Gasteiger charge is -2.26. The molecule has 2 heterocycles. The molecule has 0 radical (unpaired) electrons. The molecule has 0 spiro atoms. The van der Waals surface area contributed by atoms with Gasteiger partial charge in [0.05, 0.1) is 24.4 Å². The number of fused-ring (bicyclic) bond motifs is 1. The molecule has 5 rings (SSSR count). The van der Waals surface area contributed by atoms with Gasteiger partial charge in [-0.05, 0) is 54.0 Å². The number of ether oxygens (including phenoxy) is 1. The highest BCUT2D eigenvalue weighted by Crippen LogP contribution is 2.35. The molecule has 5 nitrogen and oxygen atoms in total. The summed E-state index contributed by atoms with van der Waals surface area (Å²) < 4.78 is 20.8. The highest BCUT2D eigenvalue weighted by atomic mass is 19.1. The molecule has 0 saturated carbocycles. The summed E-state index contributed by atoms with van der Waals surface area (Å²) in [7, 11) is 0. The van der Waals surface area contributed by atoms with E-state index in [1.807, 2.05) is 67.6 Å². The van der Waals surface area contributed by atoms with Gasteiger partial charge in [-0.1, -0.05) is 54.6 Å². The Morgan fingerprint density at radius 1 is 1.03 bits per heavy atom. The van der Waals surface area contributed by atoms with Crippen LogP contribution in [0.5, 0.6) is 5.75 Å². The molecule has 0 fully saturated rings. The maximum atomic E-state index is 13.6. The fourth-order valence-corrected chi connectivity index (χ4v) is 4.13. The van der Waals surface area contributed by atoms with Gasteiger partial charge in [-0.2, -0.15) is 5.10 Å². The van der Waals surface area contributed by atoms with Crippen molar-refractivity contribution in [3.05, 3.63) is 119 Å². The molecule has 1 aliphatic heterocycles. The van der Waals surface area contributed by atoms with Gasteiger partial charge in [0, 0.05) is 12.1 Å². The third-order valence-corrected chi connectivity index (χ3v) is 5.83. The number of rotatable bonds is 7. The quantitative estimate of drug-likeness (QED) is 0.354. The first-order valence-corrected chi connectivity index (χ1v) is 11.2. The number of anilines is 1. The third kappa shape index (κ3) is 4.35. The Morgan fingerprint density at radius 3 is 2.47 bits per heavy atom. The van der Waals surface area contributed by atoms with E-state index in [9.17, 15) is 9.18 Å². The lowest BCUT2D eigenvalue weighted by molar-refractivity contribution is 0.0993. The fraction of sp³-hybridized carbons (Fsp3) is 0.143. The lowest BCUT2D eigenvalue weighted by Crippen LogP contribution is -2.21. The van der Waals surface area contributed by atoms with Gasteiger partial charge in [-0.15, -0.1) is 0 Å². The number of hydrogen-bond donors (Lipinski definition) is 1. The number of ketones is 1. The van der Waals surface area contributed by atoms with E-state index in [1.54, 1.807) is 23.0 Å². The van der Waals surface area contributed by atoms with Gasteiger partial charge in [0.25, 0.3) is 0 Å². The summed E-state index contributed by atoms with van der Waals surface area (Å²) in [5, 5.41) is 7.95. The van der Waals surface area contributed by atoms with Gasteiger partial charge in [0.1, 0.15) is 17.4 Å². The number of halogens is 1. The van der Waals surface area contributed by atoms with Crippen molar-refractivity contribution in [3.8, 4) is 5.75 Å². The summed E-state index contributed by atoms with van der Waals surface area (Å²) in [6.07, 6.45) is 3.90. The van der Waals surface area contributed by atoms with Crippen LogP contribution < -0.4 is 10.1 Å². The Kier molecular flexibility index (Phi) is 5.95. The predicted octanol–water partition coefficient (Wildman–Crippen LogP) is 5.90. The molecule has 0 amide bonds. The van der Waals surface area contributed by atoms with E-state index in [1.165, 1.54) is 12.1 Å². The third-order valence-electron chi connectivity index (χ3n) is 5.83. The Morgan fingerprint density at radius 2 is 1.76 bits per heavy atom. The Labute approximate surface area is 197 Å². The summed E-state index contributed by atoms with van der Waals surface area (Å²) in [5.41, 5.74) is 4.16. The van der Waals surface area contributed by atoms with Crippen molar-refractivity contribution in [1.82, 2.24) is 9.78 Å². The molecule has 170 valence electrons. The molecule has 0 saturated heterocycles. The van der Waals surface area contributed by atoms with Crippen LogP contribution in [0, 0.1) is 5.82 Å². The minimum atomic E-state index is -0.295. The zero-order valence-electron chi connectivity index (χ0n) is 18.7. The van der Waals surface area contributed by atoms with E-state index in [-0.39, 0.29) is 24.1 Å². The summed E-state index contributed by atoms with van der Waals surface area (Å²) in [6, 6.07) is 23.6. The second kappa shape index (κ2) is 9.35. The minimum absolute atomic E-state index is 0.0370. The van der Waals surface area contributed by atoms with Crippen LogP contribution in [0.4, 0.5) is 10.2 Å². The summed E-state index contributed by atoms with van der Waals surface area (Å²) in [6.45, 7) is 2.53. The first-order valence-electron chi connectivity index (χ1n) is 11.2. The average molecular weight is 454 g/mol. The number of carbonyl (C=O) groups excluding carboxylic acids is 1. The van der Waals surface area contributed by atoms with Crippen LogP contribution in [0.15, 0.2) is 91.1 Å². The Hall–Kier alpha value is -4.19. The van der Waals surface area contributed by atoms with Crippen molar-refractivity contribution in [3.63, 3.8) is 0 Å².